The Hall–Kier alpha value is -3.29. The van der Waals surface area contributed by atoms with Gasteiger partial charge in [-0.2, -0.15) is 10.4 Å². The summed E-state index contributed by atoms with van der Waals surface area (Å²) in [5.41, 5.74) is 2.13. The number of ether oxygens (including phenoxy) is 1. The third-order valence-corrected chi connectivity index (χ3v) is 6.60. The molecule has 2 fully saturated rings. The Balaban J connectivity index is 1.49. The number of aromatic nitrogens is 5. The molecule has 10 heteroatoms. The topological polar surface area (TPSA) is 134 Å². The zero-order valence-corrected chi connectivity index (χ0v) is 18.5. The number of morpholine rings is 1. The molecule has 0 radical (unpaired) electrons. The lowest BCUT2D eigenvalue weighted by molar-refractivity contribution is -0.119. The minimum Gasteiger partial charge on any atom is -0.375 e. The number of anilines is 1. The van der Waals surface area contributed by atoms with Crippen LogP contribution in [-0.4, -0.2) is 56.4 Å². The van der Waals surface area contributed by atoms with E-state index in [0.29, 0.717) is 37.0 Å². The molecule has 1 saturated heterocycles. The molecule has 2 unspecified atom stereocenters. The third kappa shape index (κ3) is 4.60. The van der Waals surface area contributed by atoms with Gasteiger partial charge in [-0.15, -0.1) is 0 Å². The van der Waals surface area contributed by atoms with E-state index in [1.807, 2.05) is 23.1 Å². The highest BCUT2D eigenvalue weighted by Crippen LogP contribution is 2.38. The number of nitrogens with zero attached hydrogens (tertiary/aromatic N) is 5. The van der Waals surface area contributed by atoms with Gasteiger partial charge in [0.1, 0.15) is 12.0 Å². The average Bonchev–Trinajstić information content (AvgIpc) is 3.59. The van der Waals surface area contributed by atoms with Crippen molar-refractivity contribution in [2.45, 2.75) is 50.7 Å². The first-order valence-electron chi connectivity index (χ1n) is 11.6. The highest BCUT2D eigenvalue weighted by atomic mass is 16.5. The number of nitriles is 1. The fourth-order valence-electron chi connectivity index (χ4n) is 4.97. The monoisotopic (exact) mass is 448 g/mol. The largest absolute Gasteiger partial charge is 0.375 e. The molecule has 3 aromatic rings. The summed E-state index contributed by atoms with van der Waals surface area (Å²) in [6, 6.07) is 4.21. The van der Waals surface area contributed by atoms with Crippen LogP contribution < -0.4 is 10.6 Å². The Labute approximate surface area is 191 Å². The number of nitrogens with one attached hydrogen (secondary N) is 3. The highest BCUT2D eigenvalue weighted by Gasteiger charge is 2.29. The van der Waals surface area contributed by atoms with E-state index in [4.69, 9.17) is 9.84 Å². The van der Waals surface area contributed by atoms with E-state index in [9.17, 15) is 10.1 Å². The summed E-state index contributed by atoms with van der Waals surface area (Å²) in [6.45, 7) is 2.05. The van der Waals surface area contributed by atoms with E-state index in [-0.39, 0.29) is 24.5 Å². The molecule has 1 saturated carbocycles. The maximum absolute atomic E-state index is 12.9. The van der Waals surface area contributed by atoms with Gasteiger partial charge < -0.3 is 20.4 Å². The van der Waals surface area contributed by atoms with Gasteiger partial charge in [-0.05, 0) is 24.8 Å². The Morgan fingerprint density at radius 1 is 1.36 bits per heavy atom. The molecule has 0 bridgehead atoms. The SMILES string of the molecule is N#CCC(C1CCCC1)n1cc(-c2ncnc3[nH]ccc23)c(NC(=O)CC2CNCCO2)n1. The van der Waals surface area contributed by atoms with Crippen LogP contribution in [0.5, 0.6) is 0 Å². The lowest BCUT2D eigenvalue weighted by Gasteiger charge is -2.23. The molecule has 5 rings (SSSR count). The van der Waals surface area contributed by atoms with Crippen LogP contribution in [0.1, 0.15) is 44.6 Å². The van der Waals surface area contributed by atoms with Crippen LogP contribution in [-0.2, 0) is 9.53 Å². The fourth-order valence-corrected chi connectivity index (χ4v) is 4.97. The second-order valence-electron chi connectivity index (χ2n) is 8.76. The minimum absolute atomic E-state index is 0.0312. The van der Waals surface area contributed by atoms with Crippen LogP contribution in [0.3, 0.4) is 0 Å². The van der Waals surface area contributed by atoms with Crippen molar-refractivity contribution in [1.82, 2.24) is 30.0 Å². The first-order valence-corrected chi connectivity index (χ1v) is 11.6. The number of aromatic amines is 1. The van der Waals surface area contributed by atoms with E-state index in [2.05, 4.69) is 31.7 Å². The predicted molar refractivity (Wildman–Crippen MR) is 122 cm³/mol. The second-order valence-corrected chi connectivity index (χ2v) is 8.76. The van der Waals surface area contributed by atoms with Crippen molar-refractivity contribution in [3.05, 3.63) is 24.8 Å². The zero-order chi connectivity index (χ0) is 22.6. The quantitative estimate of drug-likeness (QED) is 0.506. The molecule has 2 aliphatic rings. The average molecular weight is 449 g/mol. The van der Waals surface area contributed by atoms with Crippen molar-refractivity contribution in [3.8, 4) is 17.3 Å². The van der Waals surface area contributed by atoms with E-state index in [0.717, 1.165) is 36.0 Å². The molecule has 1 aliphatic heterocycles. The number of rotatable bonds is 7. The molecule has 10 nitrogen and oxygen atoms in total. The Bertz CT molecular complexity index is 1150. The van der Waals surface area contributed by atoms with E-state index in [1.54, 1.807) is 0 Å². The van der Waals surface area contributed by atoms with Crippen LogP contribution in [0.2, 0.25) is 0 Å². The lowest BCUT2D eigenvalue weighted by atomic mass is 9.96. The van der Waals surface area contributed by atoms with Gasteiger partial charge in [0.05, 0.1) is 48.9 Å². The van der Waals surface area contributed by atoms with Crippen LogP contribution in [0, 0.1) is 17.2 Å². The first-order chi connectivity index (χ1) is 16.2. The molecule has 33 heavy (non-hydrogen) atoms. The molecule has 0 spiro atoms. The van der Waals surface area contributed by atoms with Crippen molar-refractivity contribution in [2.24, 2.45) is 5.92 Å². The summed E-state index contributed by atoms with van der Waals surface area (Å²) in [5.74, 6) is 0.693. The molecule has 3 N–H and O–H groups in total. The smallest absolute Gasteiger partial charge is 0.228 e. The van der Waals surface area contributed by atoms with Gasteiger partial charge in [-0.3, -0.25) is 9.48 Å². The maximum atomic E-state index is 12.9. The second kappa shape index (κ2) is 9.68. The standard InChI is InChI=1S/C23H28N8O2/c24-7-5-19(15-3-1-2-4-15)31-13-18(21-17-6-8-26-22(17)28-14-27-21)23(30-31)29-20(32)11-16-12-25-9-10-33-16/h6,8,13-16,19,25H,1-5,9-12H2,(H,26,27,28)(H,29,30,32). The molecule has 1 amide bonds. The molecule has 0 aromatic carbocycles. The lowest BCUT2D eigenvalue weighted by Crippen LogP contribution is -2.40. The number of fused-ring (bicyclic) bond motifs is 1. The van der Waals surface area contributed by atoms with Gasteiger partial charge in [-0.1, -0.05) is 12.8 Å². The maximum Gasteiger partial charge on any atom is 0.228 e. The Morgan fingerprint density at radius 2 is 2.24 bits per heavy atom. The molecule has 4 heterocycles. The Kier molecular flexibility index (Phi) is 6.32. The van der Waals surface area contributed by atoms with Crippen molar-refractivity contribution in [3.63, 3.8) is 0 Å². The van der Waals surface area contributed by atoms with Gasteiger partial charge in [0.15, 0.2) is 5.82 Å². The molecule has 1 aliphatic carbocycles. The van der Waals surface area contributed by atoms with Gasteiger partial charge in [-0.25, -0.2) is 9.97 Å². The van der Waals surface area contributed by atoms with Crippen LogP contribution in [0.25, 0.3) is 22.3 Å². The molecule has 3 aromatic heterocycles. The van der Waals surface area contributed by atoms with Gasteiger partial charge in [0, 0.05) is 30.9 Å². The van der Waals surface area contributed by atoms with Crippen LogP contribution in [0.4, 0.5) is 5.82 Å². The van der Waals surface area contributed by atoms with E-state index >= 15 is 0 Å². The summed E-state index contributed by atoms with van der Waals surface area (Å²) in [7, 11) is 0. The number of carbonyl (C=O) groups is 1. The number of H-pyrrole nitrogens is 1. The minimum atomic E-state index is -0.162. The van der Waals surface area contributed by atoms with Gasteiger partial charge in [0.25, 0.3) is 0 Å². The third-order valence-electron chi connectivity index (χ3n) is 6.60. The number of hydrogen-bond acceptors (Lipinski definition) is 7. The van der Waals surface area contributed by atoms with Crippen molar-refractivity contribution < 1.29 is 9.53 Å². The Morgan fingerprint density at radius 3 is 3.03 bits per heavy atom. The number of carbonyl (C=O) groups excluding carboxylic acids is 1. The van der Waals surface area contributed by atoms with Crippen LogP contribution >= 0.6 is 0 Å². The summed E-state index contributed by atoms with van der Waals surface area (Å²) >= 11 is 0. The molecular formula is C23H28N8O2. The van der Waals surface area contributed by atoms with Crippen molar-refractivity contribution in [2.75, 3.05) is 25.0 Å². The van der Waals surface area contributed by atoms with E-state index < -0.39 is 0 Å². The highest BCUT2D eigenvalue weighted by molar-refractivity contribution is 5.98. The predicted octanol–water partition coefficient (Wildman–Crippen LogP) is 2.78. The first kappa shape index (κ1) is 21.6. The fraction of sp³-hybridized carbons (Fsp3) is 0.522. The zero-order valence-electron chi connectivity index (χ0n) is 18.5. The molecule has 2 atom stereocenters. The summed E-state index contributed by atoms with van der Waals surface area (Å²) in [4.78, 5) is 24.8. The number of amides is 1. The van der Waals surface area contributed by atoms with Crippen LogP contribution in [0.15, 0.2) is 24.8 Å². The van der Waals surface area contributed by atoms with Crippen molar-refractivity contribution in [1.29, 1.82) is 5.26 Å². The van der Waals surface area contributed by atoms with Gasteiger partial charge in [0.2, 0.25) is 5.91 Å². The van der Waals surface area contributed by atoms with Gasteiger partial charge >= 0.3 is 0 Å². The molecule has 172 valence electrons. The van der Waals surface area contributed by atoms with Crippen molar-refractivity contribution >= 4 is 22.8 Å². The summed E-state index contributed by atoms with van der Waals surface area (Å²) in [6.07, 6.45) is 10.2. The molecular weight excluding hydrogens is 420 g/mol. The summed E-state index contributed by atoms with van der Waals surface area (Å²) < 4.78 is 7.55. The van der Waals surface area contributed by atoms with E-state index in [1.165, 1.54) is 19.2 Å². The normalized spacial score (nSPS) is 20.0. The summed E-state index contributed by atoms with van der Waals surface area (Å²) in [5, 5.41) is 21.4. The number of hydrogen-bond donors (Lipinski definition) is 3.